The Labute approximate surface area is 99.7 Å². The Bertz CT molecular complexity index is 355. The minimum Gasteiger partial charge on any atom is -0.348 e. The van der Waals surface area contributed by atoms with E-state index in [0.29, 0.717) is 0 Å². The first kappa shape index (κ1) is 11.5. The van der Waals surface area contributed by atoms with Gasteiger partial charge in [-0.05, 0) is 19.4 Å². The van der Waals surface area contributed by atoms with E-state index in [1.54, 1.807) is 16.2 Å². The number of carbonyl (C=O) groups is 1. The topological polar surface area (TPSA) is 45.2 Å². The zero-order valence-corrected chi connectivity index (χ0v) is 10.5. The van der Waals surface area contributed by atoms with Gasteiger partial charge in [-0.2, -0.15) is 0 Å². The highest BCUT2D eigenvalue weighted by Crippen LogP contribution is 2.32. The normalized spacial score (nSPS) is 24.6. The molecule has 1 aromatic rings. The minimum atomic E-state index is -0.254. The second kappa shape index (κ2) is 4.51. The van der Waals surface area contributed by atoms with E-state index < -0.39 is 0 Å². The molecule has 1 N–H and O–H groups in total. The lowest BCUT2D eigenvalue weighted by molar-refractivity contribution is -0.138. The van der Waals surface area contributed by atoms with Crippen molar-refractivity contribution in [1.82, 2.24) is 15.2 Å². The molecule has 0 aromatic carbocycles. The van der Waals surface area contributed by atoms with Gasteiger partial charge in [0, 0.05) is 31.7 Å². The van der Waals surface area contributed by atoms with Crippen LogP contribution in [0.2, 0.25) is 0 Å². The van der Waals surface area contributed by atoms with Crippen molar-refractivity contribution >= 4 is 17.2 Å². The van der Waals surface area contributed by atoms with Crippen molar-refractivity contribution in [3.8, 4) is 0 Å². The molecule has 0 radical (unpaired) electrons. The third kappa shape index (κ3) is 2.10. The number of thiazole rings is 1. The second-order valence-electron chi connectivity index (χ2n) is 4.55. The fourth-order valence-electron chi connectivity index (χ4n) is 2.29. The average Bonchev–Trinajstić information content (AvgIpc) is 2.89. The van der Waals surface area contributed by atoms with E-state index in [1.807, 2.05) is 25.8 Å². The number of aromatic nitrogens is 1. The zero-order chi connectivity index (χ0) is 11.6. The fourth-order valence-corrected chi connectivity index (χ4v) is 3.03. The van der Waals surface area contributed by atoms with Crippen LogP contribution in [-0.2, 0) is 11.2 Å². The van der Waals surface area contributed by atoms with Crippen molar-refractivity contribution in [1.29, 1.82) is 0 Å². The summed E-state index contributed by atoms with van der Waals surface area (Å²) in [6, 6.07) is 0. The van der Waals surface area contributed by atoms with E-state index in [0.717, 1.165) is 25.9 Å². The molecular weight excluding hydrogens is 222 g/mol. The van der Waals surface area contributed by atoms with Gasteiger partial charge in [-0.1, -0.05) is 0 Å². The molecule has 2 heterocycles. The SMILES string of the molecule is CN(C)C(=O)C1(Cc2cncs2)CCNC1. The number of hydrogen-bond donors (Lipinski definition) is 1. The molecule has 16 heavy (non-hydrogen) atoms. The quantitative estimate of drug-likeness (QED) is 0.847. The van der Waals surface area contributed by atoms with Gasteiger partial charge in [0.15, 0.2) is 0 Å². The van der Waals surface area contributed by atoms with Crippen molar-refractivity contribution in [2.75, 3.05) is 27.2 Å². The number of nitrogens with one attached hydrogen (secondary N) is 1. The van der Waals surface area contributed by atoms with Gasteiger partial charge >= 0.3 is 0 Å². The predicted octanol–water partition coefficient (Wildman–Crippen LogP) is 0.753. The first-order chi connectivity index (χ1) is 7.64. The molecule has 1 fully saturated rings. The zero-order valence-electron chi connectivity index (χ0n) is 9.69. The molecule has 0 aliphatic carbocycles. The van der Waals surface area contributed by atoms with Crippen LogP contribution in [0.1, 0.15) is 11.3 Å². The molecule has 5 heteroatoms. The molecule has 1 aliphatic rings. The number of hydrogen-bond acceptors (Lipinski definition) is 4. The van der Waals surface area contributed by atoms with Crippen molar-refractivity contribution in [3.63, 3.8) is 0 Å². The van der Waals surface area contributed by atoms with Crippen LogP contribution in [0.5, 0.6) is 0 Å². The van der Waals surface area contributed by atoms with Crippen LogP contribution in [0.4, 0.5) is 0 Å². The van der Waals surface area contributed by atoms with Gasteiger partial charge in [0.05, 0.1) is 10.9 Å². The van der Waals surface area contributed by atoms with Crippen LogP contribution in [-0.4, -0.2) is 43.0 Å². The maximum atomic E-state index is 12.3. The molecule has 88 valence electrons. The molecule has 0 spiro atoms. The van der Waals surface area contributed by atoms with Crippen LogP contribution in [0.25, 0.3) is 0 Å². The van der Waals surface area contributed by atoms with Crippen molar-refractivity contribution < 1.29 is 4.79 Å². The predicted molar refractivity (Wildman–Crippen MR) is 64.4 cm³/mol. The molecule has 1 aliphatic heterocycles. The Kier molecular flexibility index (Phi) is 3.25. The van der Waals surface area contributed by atoms with E-state index in [2.05, 4.69) is 10.3 Å². The largest absolute Gasteiger partial charge is 0.348 e. The summed E-state index contributed by atoms with van der Waals surface area (Å²) in [7, 11) is 3.66. The lowest BCUT2D eigenvalue weighted by atomic mass is 9.81. The summed E-state index contributed by atoms with van der Waals surface area (Å²) in [6.07, 6.45) is 3.59. The van der Waals surface area contributed by atoms with Crippen LogP contribution < -0.4 is 5.32 Å². The molecule has 1 saturated heterocycles. The molecule has 1 amide bonds. The lowest BCUT2D eigenvalue weighted by Gasteiger charge is -2.29. The molecule has 4 nitrogen and oxygen atoms in total. The summed E-state index contributed by atoms with van der Waals surface area (Å²) in [5.41, 5.74) is 1.57. The van der Waals surface area contributed by atoms with Crippen LogP contribution in [0.15, 0.2) is 11.7 Å². The maximum Gasteiger partial charge on any atom is 0.229 e. The van der Waals surface area contributed by atoms with E-state index >= 15 is 0 Å². The van der Waals surface area contributed by atoms with Crippen LogP contribution in [0.3, 0.4) is 0 Å². The van der Waals surface area contributed by atoms with Gasteiger partial charge in [0.25, 0.3) is 0 Å². The Morgan fingerprint density at radius 3 is 3.00 bits per heavy atom. The van der Waals surface area contributed by atoms with Gasteiger partial charge < -0.3 is 10.2 Å². The number of nitrogens with zero attached hydrogens (tertiary/aromatic N) is 2. The summed E-state index contributed by atoms with van der Waals surface area (Å²) < 4.78 is 0. The molecule has 1 aromatic heterocycles. The van der Waals surface area contributed by atoms with E-state index in [-0.39, 0.29) is 11.3 Å². The van der Waals surface area contributed by atoms with Gasteiger partial charge in [-0.3, -0.25) is 9.78 Å². The highest BCUT2D eigenvalue weighted by Gasteiger charge is 2.42. The monoisotopic (exact) mass is 239 g/mol. The fraction of sp³-hybridized carbons (Fsp3) is 0.636. The average molecular weight is 239 g/mol. The van der Waals surface area contributed by atoms with Gasteiger partial charge in [0.2, 0.25) is 5.91 Å². The van der Waals surface area contributed by atoms with E-state index in [9.17, 15) is 4.79 Å². The lowest BCUT2D eigenvalue weighted by Crippen LogP contribution is -2.43. The van der Waals surface area contributed by atoms with E-state index in [4.69, 9.17) is 0 Å². The Balaban J connectivity index is 2.19. The van der Waals surface area contributed by atoms with Gasteiger partial charge in [-0.25, -0.2) is 0 Å². The maximum absolute atomic E-state index is 12.3. The summed E-state index contributed by atoms with van der Waals surface area (Å²) in [5, 5.41) is 3.30. The summed E-state index contributed by atoms with van der Waals surface area (Å²) >= 11 is 1.63. The summed E-state index contributed by atoms with van der Waals surface area (Å²) in [6.45, 7) is 1.71. The van der Waals surface area contributed by atoms with Crippen LogP contribution >= 0.6 is 11.3 Å². The Morgan fingerprint density at radius 2 is 2.50 bits per heavy atom. The molecule has 0 bridgehead atoms. The Morgan fingerprint density at radius 1 is 1.69 bits per heavy atom. The molecular formula is C11H17N3OS. The third-order valence-electron chi connectivity index (χ3n) is 3.10. The molecule has 1 unspecified atom stereocenters. The summed E-state index contributed by atoms with van der Waals surface area (Å²) in [4.78, 5) is 19.2. The molecule has 2 rings (SSSR count). The number of amides is 1. The molecule has 1 atom stereocenters. The van der Waals surface area contributed by atoms with Crippen molar-refractivity contribution in [2.45, 2.75) is 12.8 Å². The minimum absolute atomic E-state index is 0.228. The number of carbonyl (C=O) groups excluding carboxylic acids is 1. The number of rotatable bonds is 3. The van der Waals surface area contributed by atoms with Crippen molar-refractivity contribution in [2.24, 2.45) is 5.41 Å². The highest BCUT2D eigenvalue weighted by molar-refractivity contribution is 7.09. The smallest absolute Gasteiger partial charge is 0.229 e. The highest BCUT2D eigenvalue weighted by atomic mass is 32.1. The van der Waals surface area contributed by atoms with Crippen LogP contribution in [0, 0.1) is 5.41 Å². The van der Waals surface area contributed by atoms with E-state index in [1.165, 1.54) is 4.88 Å². The van der Waals surface area contributed by atoms with Gasteiger partial charge in [-0.15, -0.1) is 11.3 Å². The Hall–Kier alpha value is -0.940. The second-order valence-corrected chi connectivity index (χ2v) is 5.52. The van der Waals surface area contributed by atoms with Gasteiger partial charge in [0.1, 0.15) is 0 Å². The third-order valence-corrected chi connectivity index (χ3v) is 3.88. The molecule has 0 saturated carbocycles. The first-order valence-electron chi connectivity index (χ1n) is 5.44. The first-order valence-corrected chi connectivity index (χ1v) is 6.32. The standard InChI is InChI=1S/C11H17N3OS/c1-14(2)10(15)11(3-4-12-7-11)5-9-6-13-8-16-9/h6,8,12H,3-5,7H2,1-2H3. The van der Waals surface area contributed by atoms with Crippen molar-refractivity contribution in [3.05, 3.63) is 16.6 Å². The summed E-state index contributed by atoms with van der Waals surface area (Å²) in [5.74, 6) is 0.228.